The van der Waals surface area contributed by atoms with Gasteiger partial charge in [0.2, 0.25) is 6.40 Å². The third-order valence-electron chi connectivity index (χ3n) is 15.5. The van der Waals surface area contributed by atoms with Crippen molar-refractivity contribution in [3.8, 4) is 33.6 Å². The Morgan fingerprint density at radius 1 is 0.681 bits per heavy atom. The number of hydrogen-bond acceptors (Lipinski definition) is 9. The summed E-state index contributed by atoms with van der Waals surface area (Å²) in [5, 5.41) is 2.83. The number of amides is 3. The van der Waals surface area contributed by atoms with Gasteiger partial charge in [0.1, 0.15) is 17.7 Å². The highest BCUT2D eigenvalue weighted by molar-refractivity contribution is 5.88. The Hall–Kier alpha value is -7.06. The lowest BCUT2D eigenvalue weighted by Gasteiger charge is -2.36. The maximum Gasteiger partial charge on any atom is 0.407 e. The fourth-order valence-electron chi connectivity index (χ4n) is 12.3. The summed E-state index contributed by atoms with van der Waals surface area (Å²) in [6.45, 7) is 0. The number of nitrogens with one attached hydrogen (secondary N) is 3. The van der Waals surface area contributed by atoms with Gasteiger partial charge in [-0.3, -0.25) is 9.59 Å². The molecule has 354 valence electrons. The van der Waals surface area contributed by atoms with Gasteiger partial charge in [-0.1, -0.05) is 111 Å². The number of benzene rings is 4. The molecule has 3 N–H and O–H groups in total. The van der Waals surface area contributed by atoms with Crippen LogP contribution in [0.3, 0.4) is 0 Å². The van der Waals surface area contributed by atoms with Crippen molar-refractivity contribution in [2.45, 2.75) is 107 Å². The van der Waals surface area contributed by atoms with Crippen LogP contribution in [-0.4, -0.2) is 80.3 Å². The Morgan fingerprint density at radius 2 is 1.20 bits per heavy atom. The van der Waals surface area contributed by atoms with E-state index in [9.17, 15) is 14.4 Å². The third-order valence-corrected chi connectivity index (χ3v) is 15.5. The Bertz CT molecular complexity index is 2860. The average molecular weight is 927 g/mol. The summed E-state index contributed by atoms with van der Waals surface area (Å²) in [7, 11) is 2.73. The van der Waals surface area contributed by atoms with Crippen LogP contribution in [0.1, 0.15) is 122 Å². The number of likely N-dealkylation sites (tertiary alicyclic amines) is 2. The van der Waals surface area contributed by atoms with E-state index >= 15 is 0 Å². The number of aromatic nitrogens is 4. The monoisotopic (exact) mass is 926 g/mol. The number of aliphatic imine (C=N–C) groups is 1. The molecule has 8 atom stereocenters. The van der Waals surface area contributed by atoms with Crippen LogP contribution in [0, 0.1) is 11.8 Å². The van der Waals surface area contributed by atoms with E-state index in [2.05, 4.69) is 61.6 Å². The minimum absolute atomic E-state index is 0.0640. The van der Waals surface area contributed by atoms with Crippen molar-refractivity contribution in [2.75, 3.05) is 14.2 Å². The molecule has 11 rings (SSSR count). The highest BCUT2D eigenvalue weighted by Gasteiger charge is 2.49. The van der Waals surface area contributed by atoms with Gasteiger partial charge < -0.3 is 34.7 Å². The number of aromatic amines is 2. The van der Waals surface area contributed by atoms with Crippen molar-refractivity contribution in [2.24, 2.45) is 16.8 Å². The fourth-order valence-corrected chi connectivity index (χ4v) is 12.3. The van der Waals surface area contributed by atoms with Crippen LogP contribution in [0.4, 0.5) is 4.79 Å². The second-order valence-corrected chi connectivity index (χ2v) is 19.3. The number of ether oxygens (including phenoxy) is 1. The van der Waals surface area contributed by atoms with Crippen molar-refractivity contribution < 1.29 is 28.9 Å². The zero-order valence-electron chi connectivity index (χ0n) is 39.1. The van der Waals surface area contributed by atoms with E-state index in [0.717, 1.165) is 104 Å². The molecular formula is C55H58N8O6. The number of hydrogen-bond donors (Lipinski definition) is 3. The van der Waals surface area contributed by atoms with Crippen LogP contribution in [-0.2, 0) is 30.5 Å². The number of carbonyl (C=O) groups excluding carboxylic acids is 3. The van der Waals surface area contributed by atoms with E-state index in [-0.39, 0.29) is 36.0 Å². The van der Waals surface area contributed by atoms with Crippen LogP contribution in [0.2, 0.25) is 0 Å². The number of methoxy groups -OCH3 is 1. The van der Waals surface area contributed by atoms with Gasteiger partial charge in [-0.05, 0) is 113 Å². The summed E-state index contributed by atoms with van der Waals surface area (Å²) in [4.78, 5) is 77.6. The number of H-pyrrole nitrogens is 2. The fraction of sp³-hybridized carbons (Fsp3) is 0.382. The number of fused-ring (bicyclic) bond motifs is 5. The van der Waals surface area contributed by atoms with E-state index in [1.807, 2.05) is 78.0 Å². The number of alkyl carbamates (subject to hydrolysis) is 1. The molecule has 3 aliphatic carbocycles. The van der Waals surface area contributed by atoms with Gasteiger partial charge in [0.25, 0.3) is 11.8 Å². The third kappa shape index (κ3) is 8.49. The quantitative estimate of drug-likeness (QED) is 0.0471. The smallest absolute Gasteiger partial charge is 0.407 e. The van der Waals surface area contributed by atoms with Crippen LogP contribution >= 0.6 is 0 Å². The standard InChI is InChI=1S/C55H58N8O6/c1-67-55(66)61-50(34-15-7-4-8-16-34)54(65)63-46-20-12-10-18-38(46)29-48(63)52-57-31-44(60-52)36-22-24-42-40(26-36)27-39-25-35(21-23-41(39)42)43-30-56-51(59-43)47-28-37-17-9-11-19-45(37)62(47)53(64)49(58-32-69-68-2)33-13-5-3-6-14-33/h3-8,13-16,21-26,30-32,37-38,45-50H,9-12,17-20,27-29H2,1-2H3,(H,56,59)(H,57,60)(H,61,66)/b58-32+/t37-,38-,45-,46-,47+,48+,49-,50-/m1/s1. The molecular weight excluding hydrogens is 869 g/mol. The highest BCUT2D eigenvalue weighted by atomic mass is 17.2. The van der Waals surface area contributed by atoms with E-state index in [1.165, 1.54) is 49.3 Å². The number of rotatable bonds is 12. The molecule has 6 aromatic rings. The van der Waals surface area contributed by atoms with Crippen molar-refractivity contribution in [1.29, 1.82) is 0 Å². The number of imidazole rings is 2. The van der Waals surface area contributed by atoms with Gasteiger partial charge in [0, 0.05) is 12.1 Å². The second kappa shape index (κ2) is 19.1. The molecule has 2 saturated heterocycles. The lowest BCUT2D eigenvalue weighted by atomic mass is 9.84. The van der Waals surface area contributed by atoms with E-state index in [0.29, 0.717) is 17.4 Å². The van der Waals surface area contributed by atoms with Crippen LogP contribution in [0.25, 0.3) is 33.6 Å². The molecule has 2 saturated carbocycles. The summed E-state index contributed by atoms with van der Waals surface area (Å²) in [5.74, 6) is 2.10. The Kier molecular flexibility index (Phi) is 12.3. The molecule has 2 aliphatic heterocycles. The molecule has 4 fully saturated rings. The number of carbonyl (C=O) groups is 3. The summed E-state index contributed by atoms with van der Waals surface area (Å²) in [5.41, 5.74) is 10.3. The Balaban J connectivity index is 0.827. The molecule has 0 radical (unpaired) electrons. The van der Waals surface area contributed by atoms with Crippen molar-refractivity contribution in [3.63, 3.8) is 0 Å². The zero-order chi connectivity index (χ0) is 47.0. The first-order valence-corrected chi connectivity index (χ1v) is 24.5. The van der Waals surface area contributed by atoms with E-state index < -0.39 is 18.2 Å². The Labute approximate surface area is 401 Å². The van der Waals surface area contributed by atoms with Gasteiger partial charge in [0.05, 0.1) is 50.1 Å². The van der Waals surface area contributed by atoms with Crippen LogP contribution in [0.15, 0.2) is 114 Å². The first-order valence-electron chi connectivity index (χ1n) is 24.5. The molecule has 3 amide bonds. The van der Waals surface area contributed by atoms with Crippen LogP contribution < -0.4 is 5.32 Å². The average Bonchev–Trinajstić information content (AvgIpc) is 4.25. The van der Waals surface area contributed by atoms with Gasteiger partial charge >= 0.3 is 6.09 Å². The molecule has 0 bridgehead atoms. The first-order chi connectivity index (χ1) is 33.9. The molecule has 0 spiro atoms. The molecule has 2 aromatic heterocycles. The molecule has 4 aromatic carbocycles. The minimum atomic E-state index is -0.885. The Morgan fingerprint density at radius 3 is 1.74 bits per heavy atom. The minimum Gasteiger partial charge on any atom is -0.453 e. The number of nitrogens with zero attached hydrogens (tertiary/aromatic N) is 5. The lowest BCUT2D eigenvalue weighted by molar-refractivity contribution is -0.188. The van der Waals surface area contributed by atoms with Crippen molar-refractivity contribution in [3.05, 3.63) is 143 Å². The molecule has 14 nitrogen and oxygen atoms in total. The van der Waals surface area contributed by atoms with Crippen LogP contribution in [0.5, 0.6) is 0 Å². The molecule has 5 aliphatic rings. The van der Waals surface area contributed by atoms with Gasteiger partial charge in [-0.2, -0.15) is 4.89 Å². The van der Waals surface area contributed by atoms with Gasteiger partial charge in [-0.25, -0.2) is 19.8 Å². The second-order valence-electron chi connectivity index (χ2n) is 19.3. The zero-order valence-corrected chi connectivity index (χ0v) is 39.1. The lowest BCUT2D eigenvalue weighted by Crippen LogP contribution is -2.47. The first kappa shape index (κ1) is 44.4. The SMILES string of the molecule is COO/C=N/[C@@H](C(=O)N1[C@@H]2CCCC[C@@H]2C[C@H]1c1ncc(-c2ccc3c(c2)Cc2cc(-c4cnc([C@@H]5C[C@H]6CCCC[C@H]6N5C(=O)[C@H](NC(=O)OC)c5ccccc5)[nH]4)ccc2-3)[nH]1)c1ccccc1. The van der Waals surface area contributed by atoms with Gasteiger partial charge in [0.15, 0.2) is 6.04 Å². The van der Waals surface area contributed by atoms with E-state index in [4.69, 9.17) is 24.5 Å². The van der Waals surface area contributed by atoms with Crippen molar-refractivity contribution in [1.82, 2.24) is 35.1 Å². The largest absolute Gasteiger partial charge is 0.453 e. The summed E-state index contributed by atoms with van der Waals surface area (Å²) >= 11 is 0. The molecule has 4 heterocycles. The summed E-state index contributed by atoms with van der Waals surface area (Å²) in [6.07, 6.45) is 15.3. The summed E-state index contributed by atoms with van der Waals surface area (Å²) < 4.78 is 4.97. The molecule has 0 unspecified atom stereocenters. The predicted molar refractivity (Wildman–Crippen MR) is 260 cm³/mol. The highest BCUT2D eigenvalue weighted by Crippen LogP contribution is 2.49. The maximum atomic E-state index is 14.7. The van der Waals surface area contributed by atoms with Crippen molar-refractivity contribution >= 4 is 24.3 Å². The van der Waals surface area contributed by atoms with E-state index in [1.54, 1.807) is 0 Å². The molecule has 69 heavy (non-hydrogen) atoms. The summed E-state index contributed by atoms with van der Waals surface area (Å²) in [6, 6.07) is 30.3. The normalized spacial score (nSPS) is 23.4. The predicted octanol–water partition coefficient (Wildman–Crippen LogP) is 10.1. The molecule has 14 heteroatoms. The topological polar surface area (TPSA) is 167 Å². The maximum absolute atomic E-state index is 14.7. The van der Waals surface area contributed by atoms with Gasteiger partial charge in [-0.15, -0.1) is 0 Å².